The molecule has 1 atom stereocenters. The monoisotopic (exact) mass is 519 g/mol. The SMILES string of the molecule is CN1CCC(c2cnccc2C(NC=O)N2C(=O)N(c3ccc(OC(F)(F)F)cc3)C(=O)C2(C)C)CC1. The summed E-state index contributed by atoms with van der Waals surface area (Å²) < 4.78 is 41.5. The van der Waals surface area contributed by atoms with Crippen LogP contribution < -0.4 is 15.0 Å². The second-order valence-electron chi connectivity index (χ2n) is 9.66. The first-order valence-corrected chi connectivity index (χ1v) is 11.8. The van der Waals surface area contributed by atoms with E-state index in [1.54, 1.807) is 32.3 Å². The van der Waals surface area contributed by atoms with Gasteiger partial charge in [0.1, 0.15) is 17.5 Å². The van der Waals surface area contributed by atoms with Gasteiger partial charge >= 0.3 is 12.4 Å². The molecular formula is C25H28F3N5O4. The molecule has 1 aromatic heterocycles. The maximum absolute atomic E-state index is 13.7. The molecule has 2 fully saturated rings. The van der Waals surface area contributed by atoms with Crippen molar-refractivity contribution in [3.8, 4) is 5.75 Å². The fourth-order valence-electron chi connectivity index (χ4n) is 4.96. The van der Waals surface area contributed by atoms with E-state index in [1.165, 1.54) is 17.0 Å². The average Bonchev–Trinajstić information content (AvgIpc) is 3.01. The predicted molar refractivity (Wildman–Crippen MR) is 128 cm³/mol. The fourth-order valence-corrected chi connectivity index (χ4v) is 4.96. The van der Waals surface area contributed by atoms with Gasteiger partial charge in [0.05, 0.1) is 5.69 Å². The number of halogens is 3. The largest absolute Gasteiger partial charge is 0.573 e. The number of benzene rings is 1. The zero-order chi connectivity index (χ0) is 27.0. The molecule has 0 saturated carbocycles. The number of piperidine rings is 1. The maximum Gasteiger partial charge on any atom is 0.573 e. The summed E-state index contributed by atoms with van der Waals surface area (Å²) in [6.45, 7) is 4.90. The van der Waals surface area contributed by atoms with Crippen LogP contribution in [0.2, 0.25) is 0 Å². The van der Waals surface area contributed by atoms with Crippen molar-refractivity contribution in [2.75, 3.05) is 25.0 Å². The van der Waals surface area contributed by atoms with Crippen LogP contribution in [0.25, 0.3) is 0 Å². The van der Waals surface area contributed by atoms with Crippen molar-refractivity contribution >= 4 is 24.0 Å². The number of ether oxygens (including phenoxy) is 1. The first-order valence-electron chi connectivity index (χ1n) is 11.8. The van der Waals surface area contributed by atoms with Gasteiger partial charge in [-0.25, -0.2) is 9.69 Å². The Morgan fingerprint density at radius 1 is 1.14 bits per heavy atom. The van der Waals surface area contributed by atoms with Crippen LogP contribution >= 0.6 is 0 Å². The van der Waals surface area contributed by atoms with Gasteiger partial charge in [0.15, 0.2) is 0 Å². The summed E-state index contributed by atoms with van der Waals surface area (Å²) in [5.41, 5.74) is 0.238. The Morgan fingerprint density at radius 2 is 1.78 bits per heavy atom. The summed E-state index contributed by atoms with van der Waals surface area (Å²) in [6.07, 6.45) is -0.321. The molecule has 2 aliphatic rings. The van der Waals surface area contributed by atoms with Gasteiger partial charge in [0.2, 0.25) is 6.41 Å². The number of hydrogen-bond acceptors (Lipinski definition) is 6. The van der Waals surface area contributed by atoms with Crippen molar-refractivity contribution in [1.29, 1.82) is 0 Å². The van der Waals surface area contributed by atoms with Gasteiger partial charge in [-0.1, -0.05) is 0 Å². The van der Waals surface area contributed by atoms with Crippen LogP contribution in [-0.4, -0.2) is 65.2 Å². The average molecular weight is 520 g/mol. The molecule has 2 saturated heterocycles. The van der Waals surface area contributed by atoms with Crippen LogP contribution in [0.4, 0.5) is 23.7 Å². The van der Waals surface area contributed by atoms with Crippen molar-refractivity contribution in [1.82, 2.24) is 20.1 Å². The van der Waals surface area contributed by atoms with Crippen molar-refractivity contribution in [3.05, 3.63) is 53.9 Å². The minimum Gasteiger partial charge on any atom is -0.406 e. The quantitative estimate of drug-likeness (QED) is 0.442. The van der Waals surface area contributed by atoms with Crippen LogP contribution in [0.1, 0.15) is 49.9 Å². The number of anilines is 1. The molecule has 0 radical (unpaired) electrons. The third-order valence-electron chi connectivity index (χ3n) is 6.88. The number of pyridine rings is 1. The predicted octanol–water partition coefficient (Wildman–Crippen LogP) is 3.78. The van der Waals surface area contributed by atoms with Gasteiger partial charge in [-0.05, 0) is 88.6 Å². The fraction of sp³-hybridized carbons (Fsp3) is 0.440. The molecule has 4 amide bonds. The Morgan fingerprint density at radius 3 is 2.38 bits per heavy atom. The highest BCUT2D eigenvalue weighted by atomic mass is 19.4. The normalized spacial score (nSPS) is 19.7. The molecule has 1 unspecified atom stereocenters. The lowest BCUT2D eigenvalue weighted by Crippen LogP contribution is -2.50. The Labute approximate surface area is 212 Å². The molecule has 12 heteroatoms. The molecule has 0 aliphatic carbocycles. The third-order valence-corrected chi connectivity index (χ3v) is 6.88. The zero-order valence-electron chi connectivity index (χ0n) is 20.7. The van der Waals surface area contributed by atoms with E-state index in [0.29, 0.717) is 12.0 Å². The second kappa shape index (κ2) is 10.0. The first-order chi connectivity index (χ1) is 17.4. The van der Waals surface area contributed by atoms with Gasteiger partial charge in [0.25, 0.3) is 5.91 Å². The summed E-state index contributed by atoms with van der Waals surface area (Å²) in [4.78, 5) is 47.5. The third kappa shape index (κ3) is 5.24. The number of nitrogens with zero attached hydrogens (tertiary/aromatic N) is 4. The standard InChI is InChI=1S/C25H28F3N5O4/c1-24(2)22(35)32(17-4-6-18(7-5-17)37-25(26,27)28)23(36)33(24)21(30-15-34)19-8-11-29-14-20(19)16-9-12-31(3)13-10-16/h4-8,11,14-16,21H,9-10,12-13H2,1-3H3,(H,30,34). The lowest BCUT2D eigenvalue weighted by molar-refractivity contribution is -0.274. The van der Waals surface area contributed by atoms with E-state index >= 15 is 0 Å². The van der Waals surface area contributed by atoms with E-state index < -0.39 is 35.8 Å². The van der Waals surface area contributed by atoms with E-state index in [9.17, 15) is 27.6 Å². The summed E-state index contributed by atoms with van der Waals surface area (Å²) in [5, 5.41) is 2.71. The van der Waals surface area contributed by atoms with Crippen LogP contribution in [0.3, 0.4) is 0 Å². The van der Waals surface area contributed by atoms with Gasteiger partial charge in [0, 0.05) is 18.0 Å². The molecule has 2 aliphatic heterocycles. The van der Waals surface area contributed by atoms with E-state index in [4.69, 9.17) is 0 Å². The number of hydrogen-bond donors (Lipinski definition) is 1. The molecule has 9 nitrogen and oxygen atoms in total. The van der Waals surface area contributed by atoms with Crippen LogP contribution in [-0.2, 0) is 9.59 Å². The number of carbonyl (C=O) groups is 3. The number of likely N-dealkylation sites (tertiary alicyclic amines) is 1. The number of amides is 4. The number of imide groups is 1. The second-order valence-corrected chi connectivity index (χ2v) is 9.66. The van der Waals surface area contributed by atoms with Gasteiger partial charge in [-0.3, -0.25) is 19.5 Å². The molecule has 0 spiro atoms. The number of carbonyl (C=O) groups excluding carboxylic acids is 3. The van der Waals surface area contributed by atoms with Crippen LogP contribution in [0.15, 0.2) is 42.7 Å². The Kier molecular flexibility index (Phi) is 7.13. The highest BCUT2D eigenvalue weighted by molar-refractivity contribution is 6.23. The molecule has 37 heavy (non-hydrogen) atoms. The molecule has 0 bridgehead atoms. The first kappa shape index (κ1) is 26.4. The summed E-state index contributed by atoms with van der Waals surface area (Å²) in [7, 11) is 2.05. The minimum absolute atomic E-state index is 0.0789. The Balaban J connectivity index is 1.69. The number of aromatic nitrogens is 1. The molecule has 4 rings (SSSR count). The zero-order valence-corrected chi connectivity index (χ0v) is 20.7. The number of rotatable bonds is 7. The number of alkyl halides is 3. The number of nitrogens with one attached hydrogen (secondary N) is 1. The maximum atomic E-state index is 13.7. The minimum atomic E-state index is -4.87. The molecule has 1 N–H and O–H groups in total. The van der Waals surface area contributed by atoms with E-state index in [2.05, 4.69) is 19.9 Å². The van der Waals surface area contributed by atoms with Gasteiger partial charge in [-0.15, -0.1) is 13.2 Å². The van der Waals surface area contributed by atoms with E-state index in [-0.39, 0.29) is 11.6 Å². The summed E-state index contributed by atoms with van der Waals surface area (Å²) >= 11 is 0. The lowest BCUT2D eigenvalue weighted by Gasteiger charge is -2.37. The highest BCUT2D eigenvalue weighted by Gasteiger charge is 2.55. The van der Waals surface area contributed by atoms with Crippen molar-refractivity contribution in [2.45, 2.75) is 50.7 Å². The Bertz CT molecular complexity index is 1160. The van der Waals surface area contributed by atoms with Crippen LogP contribution in [0.5, 0.6) is 5.75 Å². The molecule has 1 aromatic carbocycles. The van der Waals surface area contributed by atoms with Gasteiger partial charge < -0.3 is 15.0 Å². The highest BCUT2D eigenvalue weighted by Crippen LogP contribution is 2.40. The molecular weight excluding hydrogens is 491 g/mol. The lowest BCUT2D eigenvalue weighted by atomic mass is 9.86. The topological polar surface area (TPSA) is 95.1 Å². The molecule has 3 heterocycles. The van der Waals surface area contributed by atoms with E-state index in [0.717, 1.165) is 48.5 Å². The van der Waals surface area contributed by atoms with E-state index in [1.807, 2.05) is 7.05 Å². The Hall–Kier alpha value is -3.67. The van der Waals surface area contributed by atoms with Crippen LogP contribution in [0, 0.1) is 0 Å². The van der Waals surface area contributed by atoms with Crippen molar-refractivity contribution in [3.63, 3.8) is 0 Å². The van der Waals surface area contributed by atoms with Crippen molar-refractivity contribution in [2.24, 2.45) is 0 Å². The van der Waals surface area contributed by atoms with Gasteiger partial charge in [-0.2, -0.15) is 0 Å². The summed E-state index contributed by atoms with van der Waals surface area (Å²) in [6, 6.07) is 5.48. The molecule has 198 valence electrons. The smallest absolute Gasteiger partial charge is 0.406 e. The molecule has 2 aromatic rings. The summed E-state index contributed by atoms with van der Waals surface area (Å²) in [5.74, 6) is -0.911. The number of urea groups is 1. The van der Waals surface area contributed by atoms with Crippen molar-refractivity contribution < 1.29 is 32.3 Å².